The van der Waals surface area contributed by atoms with Crippen molar-refractivity contribution in [3.8, 4) is 0 Å². The second-order valence-electron chi connectivity index (χ2n) is 26.3. The zero-order chi connectivity index (χ0) is 60.6. The van der Waals surface area contributed by atoms with Gasteiger partial charge in [0.2, 0.25) is 5.91 Å². The van der Waals surface area contributed by atoms with Crippen molar-refractivity contribution in [1.29, 1.82) is 0 Å². The smallest absolute Gasteiger partial charge is 0.305 e. The van der Waals surface area contributed by atoms with Gasteiger partial charge >= 0.3 is 5.97 Å². The van der Waals surface area contributed by atoms with Crippen molar-refractivity contribution >= 4 is 11.9 Å². The van der Waals surface area contributed by atoms with E-state index in [0.29, 0.717) is 25.9 Å². The fourth-order valence-corrected chi connectivity index (χ4v) is 12.1. The van der Waals surface area contributed by atoms with Crippen LogP contribution in [0.15, 0.2) is 36.5 Å². The first-order valence-electron chi connectivity index (χ1n) is 38.2. The van der Waals surface area contributed by atoms with Crippen LogP contribution in [0.25, 0.3) is 0 Å². The molecule has 0 aliphatic carbocycles. The topological polar surface area (TPSA) is 95.9 Å². The highest BCUT2D eigenvalue weighted by molar-refractivity contribution is 5.76. The van der Waals surface area contributed by atoms with Crippen LogP contribution in [0.1, 0.15) is 425 Å². The molecule has 0 aliphatic heterocycles. The first-order valence-corrected chi connectivity index (χ1v) is 38.2. The SMILES string of the molecule is CCCCCCCCC/C=C\CCCCCCCCCC(=O)OCCCCCCCCCCC/C=C\C/C=C\CCCCCCCCCCCCCCCC(=O)NC(CO)C(O)CCCCCCCCCCCCCCCCCCCCCC. The molecule has 0 aromatic heterocycles. The zero-order valence-corrected chi connectivity index (χ0v) is 56.9. The average molecular weight is 1180 g/mol. The number of aliphatic hydroxyl groups excluding tert-OH is 2. The Labute approximate surface area is 525 Å². The quantitative estimate of drug-likeness (QED) is 0.0320. The summed E-state index contributed by atoms with van der Waals surface area (Å²) >= 11 is 0. The van der Waals surface area contributed by atoms with E-state index in [1.54, 1.807) is 0 Å². The summed E-state index contributed by atoms with van der Waals surface area (Å²) in [5.74, 6) is -0.0219. The predicted octanol–water partition coefficient (Wildman–Crippen LogP) is 25.0. The largest absolute Gasteiger partial charge is 0.466 e. The molecule has 2 unspecified atom stereocenters. The number of rotatable bonds is 72. The lowest BCUT2D eigenvalue weighted by atomic mass is 10.0. The minimum atomic E-state index is -0.666. The molecule has 0 saturated carbocycles. The van der Waals surface area contributed by atoms with Crippen LogP contribution in [0.2, 0.25) is 0 Å². The van der Waals surface area contributed by atoms with Gasteiger partial charge in [-0.1, -0.05) is 365 Å². The van der Waals surface area contributed by atoms with Crippen LogP contribution in [-0.2, 0) is 14.3 Å². The van der Waals surface area contributed by atoms with Crippen molar-refractivity contribution in [2.45, 2.75) is 437 Å². The lowest BCUT2D eigenvalue weighted by Crippen LogP contribution is -2.45. The molecular weight excluding hydrogens is 1030 g/mol. The molecule has 0 aromatic rings. The van der Waals surface area contributed by atoms with Gasteiger partial charge in [0.05, 0.1) is 25.4 Å². The van der Waals surface area contributed by atoms with Crippen molar-refractivity contribution in [3.05, 3.63) is 36.5 Å². The molecule has 6 nitrogen and oxygen atoms in total. The number of allylic oxidation sites excluding steroid dienone is 6. The van der Waals surface area contributed by atoms with Crippen LogP contribution < -0.4 is 5.32 Å². The monoisotopic (exact) mass is 1180 g/mol. The van der Waals surface area contributed by atoms with Gasteiger partial charge < -0.3 is 20.3 Å². The summed E-state index contributed by atoms with van der Waals surface area (Å²) in [5.41, 5.74) is 0. The standard InChI is InChI=1S/C78H149NO5/c1-3-5-7-9-11-13-15-17-19-21-23-35-38-42-46-50-54-58-62-66-70-76(81)75(74-80)79-77(82)71-67-63-59-55-51-47-43-39-36-33-31-29-27-25-24-26-28-30-32-34-37-41-45-49-53-57-61-65-69-73-84-78(83)72-68-64-60-56-52-48-44-40-22-20-18-16-14-12-10-8-6-4-2/h20,22,24,26,30,32,75-76,80-81H,3-19,21,23,25,27-29,31,33-74H2,1-2H3,(H,79,82)/b22-20-,26-24-,32-30-. The Morgan fingerprint density at radius 1 is 0.333 bits per heavy atom. The maximum atomic E-state index is 12.6. The van der Waals surface area contributed by atoms with Crippen molar-refractivity contribution in [3.63, 3.8) is 0 Å². The molecule has 0 rings (SSSR count). The summed E-state index contributed by atoms with van der Waals surface area (Å²) < 4.78 is 5.50. The number of amides is 1. The molecule has 84 heavy (non-hydrogen) atoms. The van der Waals surface area contributed by atoms with Gasteiger partial charge in [0.15, 0.2) is 0 Å². The number of hydrogen-bond acceptors (Lipinski definition) is 5. The molecule has 496 valence electrons. The number of carbonyl (C=O) groups is 2. The summed E-state index contributed by atoms with van der Waals surface area (Å²) in [6, 6.07) is -0.544. The van der Waals surface area contributed by atoms with E-state index in [1.165, 1.54) is 340 Å². The fourth-order valence-electron chi connectivity index (χ4n) is 12.1. The lowest BCUT2D eigenvalue weighted by Gasteiger charge is -2.22. The molecule has 6 heteroatoms. The van der Waals surface area contributed by atoms with Gasteiger partial charge in [0.25, 0.3) is 0 Å². The van der Waals surface area contributed by atoms with Crippen LogP contribution in [0.5, 0.6) is 0 Å². The van der Waals surface area contributed by atoms with Gasteiger partial charge in [0, 0.05) is 12.8 Å². The van der Waals surface area contributed by atoms with E-state index in [9.17, 15) is 19.8 Å². The summed E-state index contributed by atoms with van der Waals surface area (Å²) in [7, 11) is 0. The Hall–Kier alpha value is -1.92. The van der Waals surface area contributed by atoms with E-state index in [0.717, 1.165) is 51.4 Å². The number of aliphatic hydroxyl groups is 2. The normalized spacial score (nSPS) is 12.7. The number of nitrogens with one attached hydrogen (secondary N) is 1. The molecular formula is C78H149NO5. The van der Waals surface area contributed by atoms with Crippen molar-refractivity contribution in [2.24, 2.45) is 0 Å². The second kappa shape index (κ2) is 73.5. The van der Waals surface area contributed by atoms with Crippen LogP contribution in [-0.4, -0.2) is 47.4 Å². The Morgan fingerprint density at radius 2 is 0.595 bits per heavy atom. The summed E-state index contributed by atoms with van der Waals surface area (Å²) in [5, 5.41) is 23.4. The molecule has 0 fully saturated rings. The maximum absolute atomic E-state index is 12.6. The van der Waals surface area contributed by atoms with Gasteiger partial charge in [-0.3, -0.25) is 9.59 Å². The molecule has 0 saturated heterocycles. The summed E-state index contributed by atoms with van der Waals surface area (Å²) in [6.07, 6.45) is 95.0. The van der Waals surface area contributed by atoms with Crippen LogP contribution >= 0.6 is 0 Å². The minimum Gasteiger partial charge on any atom is -0.466 e. The van der Waals surface area contributed by atoms with Gasteiger partial charge in [-0.05, 0) is 83.5 Å². The minimum absolute atomic E-state index is 0.00989. The second-order valence-corrected chi connectivity index (χ2v) is 26.3. The van der Waals surface area contributed by atoms with Gasteiger partial charge in [-0.2, -0.15) is 0 Å². The summed E-state index contributed by atoms with van der Waals surface area (Å²) in [6.45, 7) is 4.99. The van der Waals surface area contributed by atoms with E-state index in [1.807, 2.05) is 0 Å². The third-order valence-corrected chi connectivity index (χ3v) is 17.9. The Balaban J connectivity index is 3.40. The first kappa shape index (κ1) is 82.1. The number of ether oxygens (including phenoxy) is 1. The molecule has 0 aromatic carbocycles. The molecule has 0 bridgehead atoms. The molecule has 0 aliphatic rings. The fraction of sp³-hybridized carbons (Fsp3) is 0.897. The van der Waals surface area contributed by atoms with E-state index in [2.05, 4.69) is 55.6 Å². The van der Waals surface area contributed by atoms with Crippen LogP contribution in [0, 0.1) is 0 Å². The van der Waals surface area contributed by atoms with Crippen molar-refractivity contribution in [2.75, 3.05) is 13.2 Å². The van der Waals surface area contributed by atoms with Crippen molar-refractivity contribution < 1.29 is 24.5 Å². The van der Waals surface area contributed by atoms with Gasteiger partial charge in [-0.15, -0.1) is 0 Å². The third-order valence-electron chi connectivity index (χ3n) is 17.9. The van der Waals surface area contributed by atoms with E-state index in [-0.39, 0.29) is 18.5 Å². The third kappa shape index (κ3) is 69.2. The van der Waals surface area contributed by atoms with Gasteiger partial charge in [-0.25, -0.2) is 0 Å². The number of esters is 1. The number of carbonyl (C=O) groups excluding carboxylic acids is 2. The predicted molar refractivity (Wildman–Crippen MR) is 370 cm³/mol. The molecule has 1 amide bonds. The number of unbranched alkanes of at least 4 members (excludes halogenated alkanes) is 55. The highest BCUT2D eigenvalue weighted by atomic mass is 16.5. The lowest BCUT2D eigenvalue weighted by molar-refractivity contribution is -0.143. The molecule has 3 N–H and O–H groups in total. The highest BCUT2D eigenvalue weighted by Gasteiger charge is 2.20. The molecule has 0 spiro atoms. The molecule has 2 atom stereocenters. The van der Waals surface area contributed by atoms with Gasteiger partial charge in [0.1, 0.15) is 0 Å². The van der Waals surface area contributed by atoms with E-state index < -0.39 is 12.1 Å². The summed E-state index contributed by atoms with van der Waals surface area (Å²) in [4.78, 5) is 24.7. The highest BCUT2D eigenvalue weighted by Crippen LogP contribution is 2.19. The Kier molecular flexibility index (Phi) is 71.9. The zero-order valence-electron chi connectivity index (χ0n) is 56.9. The van der Waals surface area contributed by atoms with Crippen molar-refractivity contribution in [1.82, 2.24) is 5.32 Å². The van der Waals surface area contributed by atoms with Crippen LogP contribution in [0.3, 0.4) is 0 Å². The first-order chi connectivity index (χ1) is 41.5. The van der Waals surface area contributed by atoms with E-state index in [4.69, 9.17) is 4.74 Å². The maximum Gasteiger partial charge on any atom is 0.305 e. The van der Waals surface area contributed by atoms with Crippen LogP contribution in [0.4, 0.5) is 0 Å². The Morgan fingerprint density at radius 3 is 0.917 bits per heavy atom. The molecule has 0 radical (unpaired) electrons. The number of hydrogen-bond donors (Lipinski definition) is 3. The average Bonchev–Trinajstić information content (AvgIpc) is 3.51. The van der Waals surface area contributed by atoms with E-state index >= 15 is 0 Å². The Bertz CT molecular complexity index is 1360. The molecule has 0 heterocycles.